The fourth-order valence-electron chi connectivity index (χ4n) is 5.90. The molecular weight excluding hydrogens is 278 g/mol. The van der Waals surface area contributed by atoms with Gasteiger partial charge in [-0.05, 0) is 80.1 Å². The summed E-state index contributed by atoms with van der Waals surface area (Å²) in [5, 5.41) is 0. The predicted molar refractivity (Wildman–Crippen MR) is 90.6 cm³/mol. The fourth-order valence-corrected chi connectivity index (χ4v) is 5.90. The normalized spacial score (nSPS) is 38.0. The first-order valence-corrected chi connectivity index (χ1v) is 8.53. The maximum atomic E-state index is 6.72. The lowest BCUT2D eigenvalue weighted by Crippen LogP contribution is -2.54. The van der Waals surface area contributed by atoms with Crippen molar-refractivity contribution in [3.05, 3.63) is 35.9 Å². The van der Waals surface area contributed by atoms with Crippen LogP contribution in [0.15, 0.2) is 30.3 Å². The first-order chi connectivity index (χ1) is 9.73. The van der Waals surface area contributed by atoms with E-state index in [0.29, 0.717) is 11.5 Å². The van der Waals surface area contributed by atoms with Crippen molar-refractivity contribution in [2.24, 2.45) is 28.9 Å². The first kappa shape index (κ1) is 15.4. The van der Waals surface area contributed by atoms with Crippen LogP contribution in [-0.4, -0.2) is 6.04 Å². The van der Waals surface area contributed by atoms with Crippen LogP contribution >= 0.6 is 12.4 Å². The number of aryl methyl sites for hydroxylation is 1. The lowest BCUT2D eigenvalue weighted by molar-refractivity contribution is -0.0680. The zero-order valence-corrected chi connectivity index (χ0v) is 13.7. The first-order valence-electron chi connectivity index (χ1n) is 8.53. The van der Waals surface area contributed by atoms with E-state index < -0.39 is 0 Å². The highest BCUT2D eigenvalue weighted by molar-refractivity contribution is 5.85. The van der Waals surface area contributed by atoms with E-state index in [1.165, 1.54) is 50.5 Å². The van der Waals surface area contributed by atoms with Gasteiger partial charge in [-0.25, -0.2) is 0 Å². The molecule has 0 aromatic heterocycles. The lowest BCUT2D eigenvalue weighted by atomic mass is 9.47. The van der Waals surface area contributed by atoms with Crippen molar-refractivity contribution < 1.29 is 0 Å². The minimum atomic E-state index is 0. The Morgan fingerprint density at radius 1 is 0.952 bits per heavy atom. The zero-order chi connectivity index (χ0) is 13.6. The molecule has 5 rings (SSSR count). The minimum absolute atomic E-state index is 0. The number of rotatable bonds is 4. The van der Waals surface area contributed by atoms with E-state index >= 15 is 0 Å². The van der Waals surface area contributed by atoms with Crippen molar-refractivity contribution >= 4 is 12.4 Å². The molecule has 0 spiro atoms. The smallest absolute Gasteiger partial charge is 0.00990 e. The van der Waals surface area contributed by atoms with Crippen LogP contribution in [0.2, 0.25) is 0 Å². The molecule has 0 heterocycles. The summed E-state index contributed by atoms with van der Waals surface area (Å²) in [5.41, 5.74) is 8.69. The molecule has 2 N–H and O–H groups in total. The van der Waals surface area contributed by atoms with Crippen LogP contribution in [0.3, 0.4) is 0 Å². The van der Waals surface area contributed by atoms with Gasteiger partial charge in [-0.2, -0.15) is 0 Å². The van der Waals surface area contributed by atoms with E-state index in [1.54, 1.807) is 0 Å². The molecule has 1 unspecified atom stereocenters. The molecule has 1 atom stereocenters. The summed E-state index contributed by atoms with van der Waals surface area (Å²) >= 11 is 0. The number of halogens is 1. The fraction of sp³-hybridized carbons (Fsp3) is 0.684. The quantitative estimate of drug-likeness (QED) is 0.865. The molecule has 0 saturated heterocycles. The summed E-state index contributed by atoms with van der Waals surface area (Å²) in [6.07, 6.45) is 11.2. The van der Waals surface area contributed by atoms with E-state index in [0.717, 1.165) is 24.2 Å². The van der Waals surface area contributed by atoms with Gasteiger partial charge < -0.3 is 5.73 Å². The van der Waals surface area contributed by atoms with Gasteiger partial charge in [0, 0.05) is 6.04 Å². The van der Waals surface area contributed by atoms with Gasteiger partial charge in [-0.1, -0.05) is 30.3 Å². The number of hydrogen-bond donors (Lipinski definition) is 1. The van der Waals surface area contributed by atoms with Crippen LogP contribution in [0, 0.1) is 23.2 Å². The van der Waals surface area contributed by atoms with Crippen molar-refractivity contribution in [2.45, 2.75) is 57.4 Å². The Morgan fingerprint density at radius 3 is 2.00 bits per heavy atom. The number of nitrogens with two attached hydrogens (primary N) is 1. The topological polar surface area (TPSA) is 26.0 Å². The molecule has 2 heteroatoms. The monoisotopic (exact) mass is 305 g/mol. The number of hydrogen-bond acceptors (Lipinski definition) is 1. The maximum absolute atomic E-state index is 6.72. The van der Waals surface area contributed by atoms with Gasteiger partial charge in [0.25, 0.3) is 0 Å². The highest BCUT2D eigenvalue weighted by atomic mass is 35.5. The highest BCUT2D eigenvalue weighted by Gasteiger charge is 2.52. The Morgan fingerprint density at radius 2 is 1.48 bits per heavy atom. The Bertz CT molecular complexity index is 434. The van der Waals surface area contributed by atoms with E-state index in [9.17, 15) is 0 Å². The molecule has 4 bridgehead atoms. The molecule has 4 aliphatic rings. The average molecular weight is 306 g/mol. The van der Waals surface area contributed by atoms with Crippen LogP contribution in [-0.2, 0) is 6.42 Å². The molecule has 0 aliphatic heterocycles. The summed E-state index contributed by atoms with van der Waals surface area (Å²) in [4.78, 5) is 0. The summed E-state index contributed by atoms with van der Waals surface area (Å²) in [7, 11) is 0. The Balaban J connectivity index is 0.00000132. The van der Waals surface area contributed by atoms with Gasteiger partial charge in [0.1, 0.15) is 0 Å². The summed E-state index contributed by atoms with van der Waals surface area (Å²) in [6.45, 7) is 0. The third-order valence-electron chi connectivity index (χ3n) is 6.46. The molecule has 116 valence electrons. The van der Waals surface area contributed by atoms with Crippen LogP contribution in [0.4, 0.5) is 0 Å². The second kappa shape index (κ2) is 5.93. The van der Waals surface area contributed by atoms with Gasteiger partial charge >= 0.3 is 0 Å². The van der Waals surface area contributed by atoms with Gasteiger partial charge in [0.05, 0.1) is 0 Å². The average Bonchev–Trinajstić information content (AvgIpc) is 2.44. The molecule has 0 amide bonds. The molecule has 4 saturated carbocycles. The van der Waals surface area contributed by atoms with Crippen molar-refractivity contribution in [3.63, 3.8) is 0 Å². The second-order valence-corrected chi connectivity index (χ2v) is 7.91. The molecule has 4 fully saturated rings. The van der Waals surface area contributed by atoms with Gasteiger partial charge in [-0.15, -0.1) is 12.4 Å². The SMILES string of the molecule is Cl.NC(CCc1ccccc1)C12CC3CC(CC(C3)C1)C2. The van der Waals surface area contributed by atoms with Gasteiger partial charge in [0.15, 0.2) is 0 Å². The van der Waals surface area contributed by atoms with E-state index in [1.807, 2.05) is 0 Å². The second-order valence-electron chi connectivity index (χ2n) is 7.91. The third-order valence-corrected chi connectivity index (χ3v) is 6.46. The van der Waals surface area contributed by atoms with Gasteiger partial charge in [0.2, 0.25) is 0 Å². The van der Waals surface area contributed by atoms with Crippen molar-refractivity contribution in [1.82, 2.24) is 0 Å². The van der Waals surface area contributed by atoms with E-state index in [-0.39, 0.29) is 12.4 Å². The van der Waals surface area contributed by atoms with Crippen LogP contribution in [0.5, 0.6) is 0 Å². The Hall–Kier alpha value is -0.530. The Labute approximate surface area is 135 Å². The molecule has 4 aliphatic carbocycles. The highest BCUT2D eigenvalue weighted by Crippen LogP contribution is 2.61. The van der Waals surface area contributed by atoms with Gasteiger partial charge in [-0.3, -0.25) is 0 Å². The minimum Gasteiger partial charge on any atom is -0.327 e. The van der Waals surface area contributed by atoms with Crippen molar-refractivity contribution in [1.29, 1.82) is 0 Å². The van der Waals surface area contributed by atoms with Crippen molar-refractivity contribution in [3.8, 4) is 0 Å². The summed E-state index contributed by atoms with van der Waals surface area (Å²) < 4.78 is 0. The maximum Gasteiger partial charge on any atom is 0.00990 e. The molecule has 0 radical (unpaired) electrons. The molecule has 21 heavy (non-hydrogen) atoms. The molecule has 1 aromatic carbocycles. The van der Waals surface area contributed by atoms with Crippen LogP contribution in [0.25, 0.3) is 0 Å². The molecular formula is C19H28ClN. The standard InChI is InChI=1S/C19H27N.ClH/c20-18(7-6-14-4-2-1-3-5-14)19-11-15-8-16(12-19)10-17(9-15)13-19;/h1-5,15-18H,6-13,20H2;1H. The summed E-state index contributed by atoms with van der Waals surface area (Å²) in [6, 6.07) is 11.3. The largest absolute Gasteiger partial charge is 0.327 e. The number of benzene rings is 1. The van der Waals surface area contributed by atoms with Crippen LogP contribution in [0.1, 0.15) is 50.5 Å². The van der Waals surface area contributed by atoms with Crippen molar-refractivity contribution in [2.75, 3.05) is 0 Å². The van der Waals surface area contributed by atoms with E-state index in [2.05, 4.69) is 30.3 Å². The van der Waals surface area contributed by atoms with E-state index in [4.69, 9.17) is 5.73 Å². The van der Waals surface area contributed by atoms with Crippen LogP contribution < -0.4 is 5.73 Å². The molecule has 1 nitrogen and oxygen atoms in total. The Kier molecular flexibility index (Phi) is 4.34. The predicted octanol–water partition coefficient (Wildman–Crippen LogP) is 4.58. The zero-order valence-electron chi connectivity index (χ0n) is 12.8. The summed E-state index contributed by atoms with van der Waals surface area (Å²) in [5.74, 6) is 3.05. The molecule has 1 aromatic rings. The third kappa shape index (κ3) is 2.87. The lowest BCUT2D eigenvalue weighted by Gasteiger charge is -2.59.